The Morgan fingerprint density at radius 1 is 1.36 bits per heavy atom. The van der Waals surface area contributed by atoms with Crippen molar-refractivity contribution in [2.45, 2.75) is 0 Å². The molecule has 0 bridgehead atoms. The Morgan fingerprint density at radius 3 is 2.55 bits per heavy atom. The van der Waals surface area contributed by atoms with Crippen LogP contribution in [0.3, 0.4) is 0 Å². The van der Waals surface area contributed by atoms with Gasteiger partial charge in [-0.15, -0.1) is 5.10 Å². The molecule has 6 heteroatoms. The van der Waals surface area contributed by atoms with Gasteiger partial charge in [0.05, 0.1) is 14.2 Å². The summed E-state index contributed by atoms with van der Waals surface area (Å²) in [5, 5.41) is 9.55. The van der Waals surface area contributed by atoms with Crippen molar-refractivity contribution in [3.8, 4) is 11.6 Å². The molecular formula is C5H7N3O2S. The molecule has 0 aliphatic carbocycles. The molecule has 5 nitrogen and oxygen atoms in total. The Balaban J connectivity index is 3.24. The SMILES string of the molecule is COc1[nH]nnc(=S)c1OC. The van der Waals surface area contributed by atoms with Crippen molar-refractivity contribution in [1.82, 2.24) is 15.4 Å². The van der Waals surface area contributed by atoms with Gasteiger partial charge in [0.2, 0.25) is 5.75 Å². The van der Waals surface area contributed by atoms with Gasteiger partial charge in [0, 0.05) is 0 Å². The fourth-order valence-corrected chi connectivity index (χ4v) is 0.844. The summed E-state index contributed by atoms with van der Waals surface area (Å²) >= 11 is 4.81. The number of nitrogens with zero attached hydrogens (tertiary/aromatic N) is 2. The summed E-state index contributed by atoms with van der Waals surface area (Å²) in [7, 11) is 2.98. The van der Waals surface area contributed by atoms with Gasteiger partial charge in [0.15, 0.2) is 4.64 Å². The quantitative estimate of drug-likeness (QED) is 0.662. The van der Waals surface area contributed by atoms with Crippen molar-refractivity contribution < 1.29 is 9.47 Å². The molecule has 0 saturated heterocycles. The minimum Gasteiger partial charge on any atom is -0.489 e. The number of methoxy groups -OCH3 is 2. The number of rotatable bonds is 2. The van der Waals surface area contributed by atoms with Crippen molar-refractivity contribution in [2.75, 3.05) is 14.2 Å². The summed E-state index contributed by atoms with van der Waals surface area (Å²) in [6.07, 6.45) is 0. The Kier molecular flexibility index (Phi) is 2.37. The standard InChI is InChI=1S/C5H7N3O2S/c1-9-3-4(10-2)6-8-7-5(3)11/h1-2H3,(H,6,7,11). The van der Waals surface area contributed by atoms with Gasteiger partial charge in [-0.25, -0.2) is 5.10 Å². The van der Waals surface area contributed by atoms with Crippen LogP contribution in [0, 0.1) is 4.64 Å². The largest absolute Gasteiger partial charge is 0.489 e. The molecular weight excluding hydrogens is 166 g/mol. The van der Waals surface area contributed by atoms with Crippen LogP contribution in [0.2, 0.25) is 0 Å². The molecule has 0 fully saturated rings. The van der Waals surface area contributed by atoms with E-state index in [1.165, 1.54) is 14.2 Å². The highest BCUT2D eigenvalue weighted by atomic mass is 32.1. The first kappa shape index (κ1) is 7.93. The molecule has 0 atom stereocenters. The van der Waals surface area contributed by atoms with E-state index >= 15 is 0 Å². The van der Waals surface area contributed by atoms with Gasteiger partial charge < -0.3 is 9.47 Å². The Labute approximate surface area is 68.3 Å². The predicted molar refractivity (Wildman–Crippen MR) is 40.3 cm³/mol. The lowest BCUT2D eigenvalue weighted by atomic mass is 10.6. The second-order valence-electron chi connectivity index (χ2n) is 1.68. The van der Waals surface area contributed by atoms with Gasteiger partial charge in [-0.05, 0) is 0 Å². The summed E-state index contributed by atoms with van der Waals surface area (Å²) in [5.41, 5.74) is 0. The highest BCUT2D eigenvalue weighted by Gasteiger charge is 2.05. The molecule has 11 heavy (non-hydrogen) atoms. The third kappa shape index (κ3) is 1.45. The number of hydrogen-bond acceptors (Lipinski definition) is 5. The maximum atomic E-state index is 4.90. The topological polar surface area (TPSA) is 60.0 Å². The molecule has 0 spiro atoms. The fourth-order valence-electron chi connectivity index (χ4n) is 0.627. The lowest BCUT2D eigenvalue weighted by Gasteiger charge is -2.03. The maximum absolute atomic E-state index is 4.90. The zero-order valence-corrected chi connectivity index (χ0v) is 6.94. The Morgan fingerprint density at radius 2 is 2.09 bits per heavy atom. The van der Waals surface area contributed by atoms with E-state index in [9.17, 15) is 0 Å². The molecule has 0 aliphatic rings. The van der Waals surface area contributed by atoms with E-state index in [2.05, 4.69) is 15.4 Å². The van der Waals surface area contributed by atoms with E-state index in [1.807, 2.05) is 0 Å². The summed E-state index contributed by atoms with van der Waals surface area (Å²) < 4.78 is 10.1. The molecule has 0 unspecified atom stereocenters. The zero-order valence-electron chi connectivity index (χ0n) is 6.12. The van der Waals surface area contributed by atoms with Crippen LogP contribution >= 0.6 is 12.2 Å². The summed E-state index contributed by atoms with van der Waals surface area (Å²) in [5.74, 6) is 0.782. The Bertz CT molecular complexity index is 298. The summed E-state index contributed by atoms with van der Waals surface area (Å²) in [4.78, 5) is 0. The molecule has 1 N–H and O–H groups in total. The molecule has 0 saturated carbocycles. The first-order valence-corrected chi connectivity index (χ1v) is 3.23. The molecule has 0 aliphatic heterocycles. The van der Waals surface area contributed by atoms with Gasteiger partial charge >= 0.3 is 0 Å². The van der Waals surface area contributed by atoms with Crippen LogP contribution in [-0.4, -0.2) is 29.6 Å². The van der Waals surface area contributed by atoms with Gasteiger partial charge in [0.25, 0.3) is 5.88 Å². The van der Waals surface area contributed by atoms with Gasteiger partial charge in [-0.2, -0.15) is 0 Å². The van der Waals surface area contributed by atoms with Crippen LogP contribution in [0.25, 0.3) is 0 Å². The smallest absolute Gasteiger partial charge is 0.255 e. The van der Waals surface area contributed by atoms with Crippen LogP contribution < -0.4 is 9.47 Å². The van der Waals surface area contributed by atoms with Crippen molar-refractivity contribution in [3.63, 3.8) is 0 Å². The second kappa shape index (κ2) is 3.29. The molecule has 1 aromatic heterocycles. The second-order valence-corrected chi connectivity index (χ2v) is 2.07. The highest BCUT2D eigenvalue weighted by Crippen LogP contribution is 2.21. The van der Waals surface area contributed by atoms with Crippen molar-refractivity contribution in [3.05, 3.63) is 4.64 Å². The van der Waals surface area contributed by atoms with Gasteiger partial charge in [0.1, 0.15) is 0 Å². The van der Waals surface area contributed by atoms with Crippen LogP contribution in [0.15, 0.2) is 0 Å². The average molecular weight is 173 g/mol. The summed E-state index contributed by atoms with van der Waals surface area (Å²) in [6.45, 7) is 0. The van der Waals surface area contributed by atoms with Gasteiger partial charge in [-0.1, -0.05) is 17.4 Å². The number of H-pyrrole nitrogens is 1. The Hall–Kier alpha value is -1.17. The molecule has 1 aromatic rings. The van der Waals surface area contributed by atoms with E-state index in [0.29, 0.717) is 11.6 Å². The monoisotopic (exact) mass is 173 g/mol. The molecule has 1 rings (SSSR count). The van der Waals surface area contributed by atoms with Gasteiger partial charge in [-0.3, -0.25) is 0 Å². The van der Waals surface area contributed by atoms with Crippen LogP contribution in [0.1, 0.15) is 0 Å². The minimum absolute atomic E-state index is 0.281. The molecule has 0 amide bonds. The third-order valence-electron chi connectivity index (χ3n) is 1.10. The van der Waals surface area contributed by atoms with E-state index < -0.39 is 0 Å². The molecule has 0 aromatic carbocycles. The van der Waals surface area contributed by atoms with E-state index in [4.69, 9.17) is 21.7 Å². The lowest BCUT2D eigenvalue weighted by Crippen LogP contribution is -1.98. The summed E-state index contributed by atoms with van der Waals surface area (Å²) in [6, 6.07) is 0. The van der Waals surface area contributed by atoms with E-state index in [-0.39, 0.29) is 4.64 Å². The predicted octanol–water partition coefficient (Wildman–Crippen LogP) is 0.551. The third-order valence-corrected chi connectivity index (χ3v) is 1.37. The minimum atomic E-state index is 0.281. The lowest BCUT2D eigenvalue weighted by molar-refractivity contribution is 0.332. The first-order chi connectivity index (χ1) is 5.29. The number of aromatic nitrogens is 3. The maximum Gasteiger partial charge on any atom is 0.255 e. The molecule has 1 heterocycles. The van der Waals surface area contributed by atoms with Crippen LogP contribution in [-0.2, 0) is 0 Å². The molecule has 60 valence electrons. The van der Waals surface area contributed by atoms with E-state index in [1.54, 1.807) is 0 Å². The highest BCUT2D eigenvalue weighted by molar-refractivity contribution is 7.71. The van der Waals surface area contributed by atoms with Crippen LogP contribution in [0.4, 0.5) is 0 Å². The van der Waals surface area contributed by atoms with Crippen molar-refractivity contribution >= 4 is 12.2 Å². The normalized spacial score (nSPS) is 9.27. The van der Waals surface area contributed by atoms with Crippen LogP contribution in [0.5, 0.6) is 11.6 Å². The van der Waals surface area contributed by atoms with Crippen molar-refractivity contribution in [1.29, 1.82) is 0 Å². The number of hydrogen-bond donors (Lipinski definition) is 1. The number of nitrogens with one attached hydrogen (secondary N) is 1. The molecule has 0 radical (unpaired) electrons. The van der Waals surface area contributed by atoms with E-state index in [0.717, 1.165) is 0 Å². The van der Waals surface area contributed by atoms with Crippen molar-refractivity contribution in [2.24, 2.45) is 0 Å². The number of aromatic amines is 1. The first-order valence-electron chi connectivity index (χ1n) is 2.83. The number of ether oxygens (including phenoxy) is 2. The zero-order chi connectivity index (χ0) is 8.27. The average Bonchev–Trinajstić information content (AvgIpc) is 2.04. The fraction of sp³-hybridized carbons (Fsp3) is 0.400.